The van der Waals surface area contributed by atoms with Crippen LogP contribution >= 0.6 is 12.2 Å². The third-order valence-corrected chi connectivity index (χ3v) is 5.66. The molecule has 2 aromatic carbocycles. The van der Waals surface area contributed by atoms with Crippen LogP contribution < -0.4 is 10.2 Å². The quantitative estimate of drug-likeness (QED) is 0.436. The van der Waals surface area contributed by atoms with E-state index in [0.717, 1.165) is 35.1 Å². The normalized spacial score (nSPS) is 15.6. The van der Waals surface area contributed by atoms with E-state index in [1.54, 1.807) is 0 Å². The number of carbonyl (C=O) groups is 4. The van der Waals surface area contributed by atoms with Crippen LogP contribution in [0.4, 0.5) is 24.5 Å². The molecule has 1 aliphatic heterocycles. The summed E-state index contributed by atoms with van der Waals surface area (Å²) in [6.07, 6.45) is -5.13. The van der Waals surface area contributed by atoms with Crippen LogP contribution in [0.15, 0.2) is 48.5 Å². The molecule has 2 amide bonds. The molecule has 0 aromatic heterocycles. The Bertz CT molecular complexity index is 1200. The van der Waals surface area contributed by atoms with Crippen molar-refractivity contribution in [2.24, 2.45) is 0 Å². The number of ether oxygens (including phenoxy) is 2. The fourth-order valence-electron chi connectivity index (χ4n) is 3.47. The zero-order valence-electron chi connectivity index (χ0n) is 19.0. The number of thiocarbonyl (C=S) groups is 1. The maximum atomic E-state index is 13.2. The highest BCUT2D eigenvalue weighted by atomic mass is 32.1. The number of esters is 2. The van der Waals surface area contributed by atoms with E-state index in [1.807, 2.05) is 0 Å². The predicted molar refractivity (Wildman–Crippen MR) is 125 cm³/mol. The molecule has 1 heterocycles. The van der Waals surface area contributed by atoms with Gasteiger partial charge in [-0.1, -0.05) is 6.07 Å². The molecule has 1 saturated heterocycles. The summed E-state index contributed by atoms with van der Waals surface area (Å²) in [6, 6.07) is 8.46. The van der Waals surface area contributed by atoms with Crippen LogP contribution in [0, 0.1) is 0 Å². The predicted octanol–water partition coefficient (Wildman–Crippen LogP) is 3.00. The number of methoxy groups -OCH3 is 2. The molecule has 0 radical (unpaired) electrons. The second kappa shape index (κ2) is 10.7. The number of rotatable bonds is 7. The number of benzene rings is 2. The molecular weight excluding hydrogens is 503 g/mol. The summed E-state index contributed by atoms with van der Waals surface area (Å²) in [6.45, 7) is -0.498. The van der Waals surface area contributed by atoms with Gasteiger partial charge in [-0.05, 0) is 54.7 Å². The first-order chi connectivity index (χ1) is 17.0. The van der Waals surface area contributed by atoms with Crippen molar-refractivity contribution in [2.45, 2.75) is 18.6 Å². The lowest BCUT2D eigenvalue weighted by molar-refractivity contribution is -0.142. The average Bonchev–Trinajstić information content (AvgIpc) is 3.07. The fraction of sp³-hybridized carbons (Fsp3) is 0.261. The Balaban J connectivity index is 1.84. The number of nitrogens with one attached hydrogen (secondary N) is 1. The number of halogens is 3. The van der Waals surface area contributed by atoms with Crippen molar-refractivity contribution in [3.05, 3.63) is 59.7 Å². The molecule has 190 valence electrons. The van der Waals surface area contributed by atoms with E-state index in [-0.39, 0.29) is 16.4 Å². The minimum absolute atomic E-state index is 0.156. The molecule has 3 rings (SSSR count). The lowest BCUT2D eigenvalue weighted by Gasteiger charge is -2.22. The molecular formula is C23H20F3N3O6S. The Hall–Kier alpha value is -4.00. The fourth-order valence-corrected chi connectivity index (χ4v) is 3.86. The molecule has 0 saturated carbocycles. The van der Waals surface area contributed by atoms with Crippen molar-refractivity contribution >= 4 is 52.5 Å². The Labute approximate surface area is 208 Å². The van der Waals surface area contributed by atoms with Crippen molar-refractivity contribution in [2.75, 3.05) is 31.0 Å². The van der Waals surface area contributed by atoms with Crippen LogP contribution in [0.2, 0.25) is 0 Å². The number of amides is 2. The lowest BCUT2D eigenvalue weighted by atomic mass is 10.1. The van der Waals surface area contributed by atoms with Gasteiger partial charge in [0.2, 0.25) is 5.91 Å². The number of hydrogen-bond acceptors (Lipinski definition) is 7. The van der Waals surface area contributed by atoms with Gasteiger partial charge in [-0.3, -0.25) is 19.3 Å². The number of nitrogens with zero attached hydrogens (tertiary/aromatic N) is 2. The van der Waals surface area contributed by atoms with Crippen LogP contribution in [0.1, 0.15) is 22.3 Å². The van der Waals surface area contributed by atoms with E-state index in [2.05, 4.69) is 14.8 Å². The Morgan fingerprint density at radius 2 is 1.72 bits per heavy atom. The van der Waals surface area contributed by atoms with Crippen LogP contribution in [0.5, 0.6) is 0 Å². The molecule has 1 aliphatic rings. The molecule has 1 unspecified atom stereocenters. The SMILES string of the molecule is COC(=O)CN1C(=S)N(c2cccc(C(F)(F)F)c2)C(=O)C1CC(=O)Nc1ccc(C(=O)OC)cc1. The molecule has 9 nitrogen and oxygen atoms in total. The standard InChI is InChI=1S/C23H20F3N3O6S/c1-34-19(31)12-28-17(11-18(30)27-15-8-6-13(7-9-15)21(33)35-2)20(32)29(22(28)36)16-5-3-4-14(10-16)23(24,25)26/h3-10,17H,11-12H2,1-2H3,(H,27,30). The summed E-state index contributed by atoms with van der Waals surface area (Å²) in [4.78, 5) is 51.4. The van der Waals surface area contributed by atoms with Gasteiger partial charge in [0, 0.05) is 5.69 Å². The lowest BCUT2D eigenvalue weighted by Crippen LogP contribution is -2.41. The third kappa shape index (κ3) is 5.79. The van der Waals surface area contributed by atoms with Gasteiger partial charge in [-0.2, -0.15) is 13.2 Å². The molecule has 1 fully saturated rings. The highest BCUT2D eigenvalue weighted by Crippen LogP contribution is 2.34. The second-order valence-corrected chi connectivity index (χ2v) is 7.91. The number of carbonyl (C=O) groups excluding carboxylic acids is 4. The molecule has 0 aliphatic carbocycles. The number of anilines is 2. The highest BCUT2D eigenvalue weighted by Gasteiger charge is 2.45. The van der Waals surface area contributed by atoms with Crippen LogP contribution in [0.25, 0.3) is 0 Å². The third-order valence-electron chi connectivity index (χ3n) is 5.25. The van der Waals surface area contributed by atoms with E-state index in [4.69, 9.17) is 12.2 Å². The molecule has 36 heavy (non-hydrogen) atoms. The first-order valence-corrected chi connectivity index (χ1v) is 10.7. The van der Waals surface area contributed by atoms with Gasteiger partial charge in [-0.15, -0.1) is 0 Å². The zero-order chi connectivity index (χ0) is 26.6. The maximum Gasteiger partial charge on any atom is 0.416 e. The monoisotopic (exact) mass is 523 g/mol. The topological polar surface area (TPSA) is 105 Å². The highest BCUT2D eigenvalue weighted by molar-refractivity contribution is 7.80. The first-order valence-electron chi connectivity index (χ1n) is 10.3. The summed E-state index contributed by atoms with van der Waals surface area (Å²) in [7, 11) is 2.34. The van der Waals surface area contributed by atoms with Crippen LogP contribution in [-0.4, -0.2) is 60.6 Å². The van der Waals surface area contributed by atoms with Gasteiger partial charge >= 0.3 is 18.1 Å². The summed E-state index contributed by atoms with van der Waals surface area (Å²) in [5.41, 5.74) is -0.578. The Kier molecular flexibility index (Phi) is 7.93. The minimum atomic E-state index is -4.66. The van der Waals surface area contributed by atoms with E-state index in [9.17, 15) is 32.3 Å². The van der Waals surface area contributed by atoms with Crippen molar-refractivity contribution in [1.82, 2.24) is 4.90 Å². The molecule has 0 bridgehead atoms. The van der Waals surface area contributed by atoms with Gasteiger partial charge < -0.3 is 19.7 Å². The van der Waals surface area contributed by atoms with Gasteiger partial charge in [-0.25, -0.2) is 4.79 Å². The van der Waals surface area contributed by atoms with Crippen molar-refractivity contribution in [3.63, 3.8) is 0 Å². The molecule has 2 aromatic rings. The van der Waals surface area contributed by atoms with Gasteiger partial charge in [0.25, 0.3) is 5.91 Å². The molecule has 0 spiro atoms. The maximum absolute atomic E-state index is 13.2. The minimum Gasteiger partial charge on any atom is -0.468 e. The van der Waals surface area contributed by atoms with Gasteiger partial charge in [0.05, 0.1) is 37.5 Å². The van der Waals surface area contributed by atoms with Crippen molar-refractivity contribution < 1.29 is 41.8 Å². The van der Waals surface area contributed by atoms with E-state index in [0.29, 0.717) is 5.69 Å². The largest absolute Gasteiger partial charge is 0.468 e. The van der Waals surface area contributed by atoms with Gasteiger partial charge in [0.1, 0.15) is 12.6 Å². The summed E-state index contributed by atoms with van der Waals surface area (Å²) in [5.74, 6) is -2.74. The van der Waals surface area contributed by atoms with Gasteiger partial charge in [0.15, 0.2) is 5.11 Å². The van der Waals surface area contributed by atoms with E-state index in [1.165, 1.54) is 37.4 Å². The Morgan fingerprint density at radius 1 is 1.06 bits per heavy atom. The second-order valence-electron chi connectivity index (χ2n) is 7.55. The van der Waals surface area contributed by atoms with Crippen molar-refractivity contribution in [1.29, 1.82) is 0 Å². The van der Waals surface area contributed by atoms with Crippen molar-refractivity contribution in [3.8, 4) is 0 Å². The molecule has 13 heteroatoms. The summed E-state index contributed by atoms with van der Waals surface area (Å²) >= 11 is 5.30. The number of alkyl halides is 3. The summed E-state index contributed by atoms with van der Waals surface area (Å²) < 4.78 is 48.8. The smallest absolute Gasteiger partial charge is 0.416 e. The van der Waals surface area contributed by atoms with E-state index >= 15 is 0 Å². The van der Waals surface area contributed by atoms with Crippen LogP contribution in [-0.2, 0) is 30.0 Å². The van der Waals surface area contributed by atoms with E-state index < -0.39 is 54.5 Å². The number of hydrogen-bond donors (Lipinski definition) is 1. The first kappa shape index (κ1) is 26.6. The molecule has 1 N–H and O–H groups in total. The Morgan fingerprint density at radius 3 is 2.31 bits per heavy atom. The summed E-state index contributed by atoms with van der Waals surface area (Å²) in [5, 5.41) is 2.32. The van der Waals surface area contributed by atoms with Crippen LogP contribution in [0.3, 0.4) is 0 Å². The average molecular weight is 523 g/mol. The molecule has 1 atom stereocenters. The zero-order valence-corrected chi connectivity index (χ0v) is 19.8.